The van der Waals surface area contributed by atoms with Crippen LogP contribution in [-0.4, -0.2) is 29.1 Å². The van der Waals surface area contributed by atoms with Crippen LogP contribution in [0.3, 0.4) is 0 Å². The van der Waals surface area contributed by atoms with Crippen molar-refractivity contribution in [3.63, 3.8) is 0 Å². The molecule has 2 saturated carbocycles. The molecule has 2 aliphatic carbocycles. The molecule has 4 rings (SSSR count). The van der Waals surface area contributed by atoms with Crippen molar-refractivity contribution in [1.29, 1.82) is 0 Å². The summed E-state index contributed by atoms with van der Waals surface area (Å²) in [6, 6.07) is 5.30. The number of carbonyl (C=O) groups is 1. The van der Waals surface area contributed by atoms with Gasteiger partial charge < -0.3 is 10.0 Å². The zero-order valence-corrected chi connectivity index (χ0v) is 10.8. The van der Waals surface area contributed by atoms with E-state index in [4.69, 9.17) is 5.11 Å². The van der Waals surface area contributed by atoms with E-state index < -0.39 is 5.97 Å². The summed E-state index contributed by atoms with van der Waals surface area (Å²) in [5.41, 5.74) is 0.150. The van der Waals surface area contributed by atoms with Crippen LogP contribution in [0.25, 0.3) is 0 Å². The second-order valence-corrected chi connectivity index (χ2v) is 6.25. The normalized spacial score (nSPS) is 35.7. The van der Waals surface area contributed by atoms with E-state index in [1.165, 1.54) is 19.3 Å². The van der Waals surface area contributed by atoms with Gasteiger partial charge >= 0.3 is 5.97 Å². The van der Waals surface area contributed by atoms with Crippen LogP contribution in [0.1, 0.15) is 29.8 Å². The Hall–Kier alpha value is -1.58. The molecule has 3 fully saturated rings. The van der Waals surface area contributed by atoms with E-state index in [9.17, 15) is 4.79 Å². The second kappa shape index (κ2) is 3.95. The Labute approximate surface area is 112 Å². The number of anilines is 1. The first-order chi connectivity index (χ1) is 9.22. The molecule has 0 amide bonds. The van der Waals surface area contributed by atoms with Crippen molar-refractivity contribution in [1.82, 2.24) is 4.98 Å². The highest BCUT2D eigenvalue weighted by Gasteiger charge is 2.51. The predicted octanol–water partition coefficient (Wildman–Crippen LogP) is 2.26. The van der Waals surface area contributed by atoms with Crippen LogP contribution >= 0.6 is 0 Å². The zero-order chi connectivity index (χ0) is 13.0. The first kappa shape index (κ1) is 11.3. The van der Waals surface area contributed by atoms with Crippen LogP contribution < -0.4 is 4.90 Å². The van der Waals surface area contributed by atoms with E-state index in [1.807, 2.05) is 6.07 Å². The minimum atomic E-state index is -0.943. The van der Waals surface area contributed by atoms with Crippen molar-refractivity contribution in [3.05, 3.63) is 23.9 Å². The molecule has 0 aromatic carbocycles. The number of aromatic carboxylic acids is 1. The molecule has 1 aromatic rings. The first-order valence-corrected chi connectivity index (χ1v) is 7.17. The first-order valence-electron chi connectivity index (χ1n) is 7.17. The number of pyridine rings is 1. The molecule has 0 radical (unpaired) electrons. The van der Waals surface area contributed by atoms with E-state index in [0.29, 0.717) is 0 Å². The summed E-state index contributed by atoms with van der Waals surface area (Å²) >= 11 is 0. The largest absolute Gasteiger partial charge is 0.477 e. The lowest BCUT2D eigenvalue weighted by molar-refractivity contribution is 0.0690. The highest BCUT2D eigenvalue weighted by Crippen LogP contribution is 2.55. The van der Waals surface area contributed by atoms with Crippen LogP contribution in [-0.2, 0) is 0 Å². The molecule has 4 unspecified atom stereocenters. The Morgan fingerprint density at radius 3 is 2.53 bits per heavy atom. The minimum Gasteiger partial charge on any atom is -0.477 e. The topological polar surface area (TPSA) is 53.4 Å². The van der Waals surface area contributed by atoms with Gasteiger partial charge in [0.15, 0.2) is 5.69 Å². The van der Waals surface area contributed by atoms with Crippen LogP contribution in [0, 0.1) is 23.7 Å². The minimum absolute atomic E-state index is 0.150. The van der Waals surface area contributed by atoms with Crippen molar-refractivity contribution in [2.75, 3.05) is 18.0 Å². The fourth-order valence-electron chi connectivity index (χ4n) is 4.59. The maximum Gasteiger partial charge on any atom is 0.354 e. The van der Waals surface area contributed by atoms with Crippen molar-refractivity contribution in [2.45, 2.75) is 19.3 Å². The van der Waals surface area contributed by atoms with E-state index in [0.717, 1.165) is 42.6 Å². The number of aromatic nitrogens is 1. The van der Waals surface area contributed by atoms with Gasteiger partial charge in [0, 0.05) is 13.1 Å². The summed E-state index contributed by atoms with van der Waals surface area (Å²) < 4.78 is 0. The number of carboxylic acid groups (broad SMARTS) is 1. The van der Waals surface area contributed by atoms with Gasteiger partial charge in [0.2, 0.25) is 0 Å². The molecule has 2 heterocycles. The molecule has 1 saturated heterocycles. The third kappa shape index (κ3) is 1.66. The summed E-state index contributed by atoms with van der Waals surface area (Å²) in [6.45, 7) is 2.14. The number of rotatable bonds is 2. The molecule has 19 heavy (non-hydrogen) atoms. The van der Waals surface area contributed by atoms with Gasteiger partial charge in [-0.2, -0.15) is 0 Å². The third-order valence-corrected chi connectivity index (χ3v) is 5.41. The lowest BCUT2D eigenvalue weighted by Crippen LogP contribution is -2.23. The number of fused-ring (bicyclic) bond motifs is 5. The Bertz CT molecular complexity index is 513. The van der Waals surface area contributed by atoms with Gasteiger partial charge in [0.05, 0.1) is 0 Å². The smallest absolute Gasteiger partial charge is 0.354 e. The third-order valence-electron chi connectivity index (χ3n) is 5.41. The monoisotopic (exact) mass is 258 g/mol. The fourth-order valence-corrected chi connectivity index (χ4v) is 4.59. The number of hydrogen-bond donors (Lipinski definition) is 1. The fraction of sp³-hybridized carbons (Fsp3) is 0.600. The lowest BCUT2D eigenvalue weighted by atomic mass is 9.82. The van der Waals surface area contributed by atoms with E-state index in [-0.39, 0.29) is 5.69 Å². The summed E-state index contributed by atoms with van der Waals surface area (Å²) in [4.78, 5) is 17.6. The average Bonchev–Trinajstić information content (AvgIpc) is 3.11. The Balaban J connectivity index is 1.58. The molecule has 4 nitrogen and oxygen atoms in total. The molecule has 100 valence electrons. The molecule has 4 heteroatoms. The predicted molar refractivity (Wildman–Crippen MR) is 71.2 cm³/mol. The van der Waals surface area contributed by atoms with Crippen molar-refractivity contribution < 1.29 is 9.90 Å². The average molecular weight is 258 g/mol. The van der Waals surface area contributed by atoms with Gasteiger partial charge in [-0.15, -0.1) is 0 Å². The van der Waals surface area contributed by atoms with Crippen molar-refractivity contribution >= 4 is 11.8 Å². The van der Waals surface area contributed by atoms with Crippen LogP contribution in [0.15, 0.2) is 18.2 Å². The molecular weight excluding hydrogens is 240 g/mol. The Morgan fingerprint density at radius 2 is 1.89 bits per heavy atom. The molecule has 4 atom stereocenters. The van der Waals surface area contributed by atoms with E-state index in [1.54, 1.807) is 12.1 Å². The van der Waals surface area contributed by atoms with E-state index >= 15 is 0 Å². The van der Waals surface area contributed by atoms with Crippen LogP contribution in [0.4, 0.5) is 5.82 Å². The molecular formula is C15H18N2O2. The highest BCUT2D eigenvalue weighted by atomic mass is 16.4. The number of nitrogens with zero attached hydrogens (tertiary/aromatic N) is 2. The zero-order valence-electron chi connectivity index (χ0n) is 10.8. The summed E-state index contributed by atoms with van der Waals surface area (Å²) in [5, 5.41) is 9.03. The van der Waals surface area contributed by atoms with Gasteiger partial charge in [-0.3, -0.25) is 0 Å². The molecule has 0 spiro atoms. The quantitative estimate of drug-likeness (QED) is 0.884. The maximum absolute atomic E-state index is 11.0. The van der Waals surface area contributed by atoms with Gasteiger partial charge in [0.1, 0.15) is 5.82 Å². The number of hydrogen-bond acceptors (Lipinski definition) is 3. The van der Waals surface area contributed by atoms with Gasteiger partial charge in [-0.05, 0) is 55.1 Å². The SMILES string of the molecule is O=C(O)c1cccc(N2CC3C4CCC(C4)C3C2)n1. The van der Waals surface area contributed by atoms with Crippen LogP contribution in [0.2, 0.25) is 0 Å². The number of carboxylic acids is 1. The van der Waals surface area contributed by atoms with Crippen molar-refractivity contribution in [3.8, 4) is 0 Å². The van der Waals surface area contributed by atoms with Gasteiger partial charge in [-0.1, -0.05) is 6.07 Å². The summed E-state index contributed by atoms with van der Waals surface area (Å²) in [7, 11) is 0. The molecule has 1 aliphatic heterocycles. The summed E-state index contributed by atoms with van der Waals surface area (Å²) in [6.07, 6.45) is 4.25. The standard InChI is InChI=1S/C15H18N2O2/c18-15(19)13-2-1-3-14(16-13)17-7-11-9-4-5-10(6-9)12(11)8-17/h1-3,9-12H,4-8H2,(H,18,19). The van der Waals surface area contributed by atoms with E-state index in [2.05, 4.69) is 9.88 Å². The van der Waals surface area contributed by atoms with Gasteiger partial charge in [0.25, 0.3) is 0 Å². The molecule has 3 aliphatic rings. The van der Waals surface area contributed by atoms with Crippen LogP contribution in [0.5, 0.6) is 0 Å². The maximum atomic E-state index is 11.0. The second-order valence-electron chi connectivity index (χ2n) is 6.25. The van der Waals surface area contributed by atoms with Crippen molar-refractivity contribution in [2.24, 2.45) is 23.7 Å². The summed E-state index contributed by atoms with van der Waals surface area (Å²) in [5.74, 6) is 3.39. The highest BCUT2D eigenvalue weighted by molar-refractivity contribution is 5.85. The Kier molecular flexibility index (Phi) is 2.34. The molecule has 2 bridgehead atoms. The Morgan fingerprint density at radius 1 is 1.21 bits per heavy atom. The van der Waals surface area contributed by atoms with Gasteiger partial charge in [-0.25, -0.2) is 9.78 Å². The molecule has 1 N–H and O–H groups in total. The molecule has 1 aromatic heterocycles. The lowest BCUT2D eigenvalue weighted by Gasteiger charge is -2.22.